The summed E-state index contributed by atoms with van der Waals surface area (Å²) >= 11 is 0. The molecule has 0 N–H and O–H groups in total. The molecule has 3 aromatic heterocycles. The summed E-state index contributed by atoms with van der Waals surface area (Å²) in [5, 5.41) is 10.4. The van der Waals surface area contributed by atoms with Crippen LogP contribution in [0.5, 0.6) is 0 Å². The van der Waals surface area contributed by atoms with Gasteiger partial charge in [-0.1, -0.05) is 170 Å². The maximum absolute atomic E-state index is 6.77. The highest BCUT2D eigenvalue weighted by Gasteiger charge is 2.21. The van der Waals surface area contributed by atoms with Gasteiger partial charge in [-0.05, 0) is 62.1 Å². The Kier molecular flexibility index (Phi) is 7.47. The molecule has 5 nitrogen and oxygen atoms in total. The van der Waals surface area contributed by atoms with Crippen molar-refractivity contribution in [1.29, 1.82) is 0 Å². The zero-order valence-corrected chi connectivity index (χ0v) is 31.7. The van der Waals surface area contributed by atoms with Crippen molar-refractivity contribution >= 4 is 65.2 Å². The van der Waals surface area contributed by atoms with Crippen LogP contribution in [0.2, 0.25) is 0 Å². The quantitative estimate of drug-likeness (QED) is 0.164. The van der Waals surface area contributed by atoms with Crippen molar-refractivity contribution < 1.29 is 4.42 Å². The number of para-hydroxylation sites is 2. The molecule has 0 bridgehead atoms. The van der Waals surface area contributed by atoms with E-state index >= 15 is 0 Å². The largest absolute Gasteiger partial charge is 0.455 e. The molecule has 0 radical (unpaired) electrons. The van der Waals surface area contributed by atoms with Gasteiger partial charge in [-0.15, -0.1) is 0 Å². The monoisotopic (exact) mass is 752 g/mol. The van der Waals surface area contributed by atoms with Gasteiger partial charge in [0.2, 0.25) is 0 Å². The van der Waals surface area contributed by atoms with Crippen molar-refractivity contribution in [3.8, 4) is 56.5 Å². The topological polar surface area (TPSA) is 64.7 Å². The van der Waals surface area contributed by atoms with Crippen molar-refractivity contribution in [2.24, 2.45) is 0 Å². The number of aromatic nitrogens is 4. The third kappa shape index (κ3) is 5.40. The van der Waals surface area contributed by atoms with Crippen molar-refractivity contribution in [2.75, 3.05) is 0 Å². The van der Waals surface area contributed by atoms with E-state index in [1.54, 1.807) is 0 Å². The second-order valence-corrected chi connectivity index (χ2v) is 14.9. The van der Waals surface area contributed by atoms with Gasteiger partial charge in [0, 0.05) is 38.6 Å². The van der Waals surface area contributed by atoms with Crippen molar-refractivity contribution in [2.45, 2.75) is 0 Å². The fourth-order valence-electron chi connectivity index (χ4n) is 8.75. The second kappa shape index (κ2) is 13.3. The fourth-order valence-corrected chi connectivity index (χ4v) is 8.75. The Balaban J connectivity index is 1.09. The smallest absolute Gasteiger partial charge is 0.164 e. The van der Waals surface area contributed by atoms with E-state index in [-0.39, 0.29) is 0 Å². The fraction of sp³-hybridized carbons (Fsp3) is 0. The lowest BCUT2D eigenvalue weighted by atomic mass is 9.91. The van der Waals surface area contributed by atoms with Crippen LogP contribution in [0.4, 0.5) is 0 Å². The van der Waals surface area contributed by atoms with Crippen LogP contribution in [0.1, 0.15) is 0 Å². The van der Waals surface area contributed by atoms with E-state index < -0.39 is 0 Å². The number of benzene rings is 9. The van der Waals surface area contributed by atoms with E-state index in [2.05, 4.69) is 121 Å². The predicted octanol–water partition coefficient (Wildman–Crippen LogP) is 14.1. The van der Waals surface area contributed by atoms with Crippen LogP contribution in [-0.2, 0) is 0 Å². The molecule has 0 aliphatic heterocycles. The van der Waals surface area contributed by atoms with Gasteiger partial charge in [-0.25, -0.2) is 19.9 Å². The third-order valence-corrected chi connectivity index (χ3v) is 11.5. The zero-order valence-electron chi connectivity index (χ0n) is 31.7. The Morgan fingerprint density at radius 1 is 0.305 bits per heavy atom. The highest BCUT2D eigenvalue weighted by Crippen LogP contribution is 2.43. The third-order valence-electron chi connectivity index (χ3n) is 11.5. The van der Waals surface area contributed by atoms with Crippen molar-refractivity contribution in [1.82, 2.24) is 19.9 Å². The first kappa shape index (κ1) is 33.2. The maximum Gasteiger partial charge on any atom is 0.164 e. The molecule has 0 unspecified atom stereocenters. The first-order valence-electron chi connectivity index (χ1n) is 19.8. The summed E-state index contributed by atoms with van der Waals surface area (Å²) in [6.45, 7) is 0. The van der Waals surface area contributed by atoms with Crippen LogP contribution in [-0.4, -0.2) is 19.9 Å². The Hall–Kier alpha value is -8.02. The standard InChI is InChI=1S/C54H32N4O/c1-3-15-33(16-4-1)52-56-53(34-17-5-2-6-18-34)58-54(57-52)37-20-13-19-36(31-37)49-48-44-25-11-12-28-47(44)59-51(48)45-27-14-26-38(50(45)55-49)35-29-30-43-41-23-8-7-21-39(41)40-22-9-10-24-42(40)46(43)32-35/h1-32H. The van der Waals surface area contributed by atoms with Crippen LogP contribution >= 0.6 is 0 Å². The molecule has 0 atom stereocenters. The second-order valence-electron chi connectivity index (χ2n) is 14.9. The van der Waals surface area contributed by atoms with Crippen LogP contribution in [0.15, 0.2) is 199 Å². The number of hydrogen-bond donors (Lipinski definition) is 0. The maximum atomic E-state index is 6.77. The van der Waals surface area contributed by atoms with Crippen LogP contribution in [0, 0.1) is 0 Å². The first-order valence-corrected chi connectivity index (χ1v) is 19.8. The van der Waals surface area contributed by atoms with E-state index in [1.807, 2.05) is 72.8 Å². The molecule has 0 aliphatic carbocycles. The van der Waals surface area contributed by atoms with E-state index in [4.69, 9.17) is 24.4 Å². The minimum atomic E-state index is 0.588. The minimum absolute atomic E-state index is 0.588. The normalized spacial score (nSPS) is 11.7. The number of furan rings is 1. The summed E-state index contributed by atoms with van der Waals surface area (Å²) in [6.07, 6.45) is 0. The highest BCUT2D eigenvalue weighted by molar-refractivity contribution is 6.26. The van der Waals surface area contributed by atoms with Crippen LogP contribution in [0.25, 0.3) is 122 Å². The molecular weight excluding hydrogens is 721 g/mol. The van der Waals surface area contributed by atoms with E-state index in [0.29, 0.717) is 17.5 Å². The first-order chi connectivity index (χ1) is 29.2. The highest BCUT2D eigenvalue weighted by atomic mass is 16.3. The van der Waals surface area contributed by atoms with Gasteiger partial charge in [0.15, 0.2) is 17.5 Å². The molecular formula is C54H32N4O. The molecule has 0 spiro atoms. The number of pyridine rings is 1. The van der Waals surface area contributed by atoms with Crippen molar-refractivity contribution in [3.63, 3.8) is 0 Å². The van der Waals surface area contributed by atoms with Gasteiger partial charge in [-0.3, -0.25) is 0 Å². The Morgan fingerprint density at radius 3 is 1.46 bits per heavy atom. The summed E-state index contributed by atoms with van der Waals surface area (Å²) in [7, 11) is 0. The summed E-state index contributed by atoms with van der Waals surface area (Å²) in [5.41, 5.74) is 9.14. The summed E-state index contributed by atoms with van der Waals surface area (Å²) in [6, 6.07) is 67.4. The van der Waals surface area contributed by atoms with Gasteiger partial charge in [0.1, 0.15) is 11.2 Å². The Labute approximate surface area is 338 Å². The van der Waals surface area contributed by atoms with Gasteiger partial charge in [0.25, 0.3) is 0 Å². The number of fused-ring (bicyclic) bond motifs is 11. The molecule has 0 saturated carbocycles. The SMILES string of the molecule is c1ccc(-c2nc(-c3ccccc3)nc(-c3cccc(-c4nc5c(-c6ccc7c8ccccc8c8ccccc8c7c6)cccc5c5oc6ccccc6c45)c3)n2)cc1. The van der Waals surface area contributed by atoms with E-state index in [1.165, 1.54) is 32.3 Å². The molecule has 12 rings (SSSR count). The molecule has 59 heavy (non-hydrogen) atoms. The molecule has 274 valence electrons. The van der Waals surface area contributed by atoms with Crippen LogP contribution in [0.3, 0.4) is 0 Å². The lowest BCUT2D eigenvalue weighted by molar-refractivity contribution is 0.672. The van der Waals surface area contributed by atoms with Crippen molar-refractivity contribution in [3.05, 3.63) is 194 Å². The summed E-state index contributed by atoms with van der Waals surface area (Å²) in [4.78, 5) is 20.6. The average molecular weight is 753 g/mol. The molecule has 12 aromatic rings. The van der Waals surface area contributed by atoms with E-state index in [9.17, 15) is 0 Å². The summed E-state index contributed by atoms with van der Waals surface area (Å²) in [5.74, 6) is 1.82. The zero-order chi connectivity index (χ0) is 38.9. The molecule has 5 heteroatoms. The molecule has 0 amide bonds. The molecule has 0 fully saturated rings. The number of rotatable bonds is 5. The average Bonchev–Trinajstić information content (AvgIpc) is 3.72. The molecule has 0 aliphatic rings. The van der Waals surface area contributed by atoms with Gasteiger partial charge < -0.3 is 4.42 Å². The number of nitrogens with zero attached hydrogens (tertiary/aromatic N) is 4. The van der Waals surface area contributed by atoms with E-state index in [0.717, 1.165) is 71.9 Å². The Bertz CT molecular complexity index is 3520. The number of hydrogen-bond acceptors (Lipinski definition) is 5. The molecule has 3 heterocycles. The molecule has 0 saturated heterocycles. The van der Waals surface area contributed by atoms with Crippen LogP contribution < -0.4 is 0 Å². The molecule has 9 aromatic carbocycles. The van der Waals surface area contributed by atoms with Gasteiger partial charge >= 0.3 is 0 Å². The Morgan fingerprint density at radius 2 is 0.797 bits per heavy atom. The lowest BCUT2D eigenvalue weighted by Crippen LogP contribution is -2.00. The minimum Gasteiger partial charge on any atom is -0.455 e. The predicted molar refractivity (Wildman–Crippen MR) is 242 cm³/mol. The summed E-state index contributed by atoms with van der Waals surface area (Å²) < 4.78 is 6.77. The van der Waals surface area contributed by atoms with Gasteiger partial charge in [-0.2, -0.15) is 0 Å². The lowest BCUT2D eigenvalue weighted by Gasteiger charge is -2.14. The van der Waals surface area contributed by atoms with Gasteiger partial charge in [0.05, 0.1) is 16.6 Å².